The first-order valence-corrected chi connectivity index (χ1v) is 5.16. The number of aliphatic hydroxyl groups is 1. The van der Waals surface area contributed by atoms with E-state index < -0.39 is 6.10 Å². The highest BCUT2D eigenvalue weighted by atomic mass is 32.2. The van der Waals surface area contributed by atoms with E-state index in [0.717, 1.165) is 5.56 Å². The molecule has 0 aromatic heterocycles. The van der Waals surface area contributed by atoms with Crippen molar-refractivity contribution in [1.29, 1.82) is 0 Å². The van der Waals surface area contributed by atoms with Gasteiger partial charge in [-0.3, -0.25) is 0 Å². The van der Waals surface area contributed by atoms with Gasteiger partial charge in [0.1, 0.15) is 0 Å². The summed E-state index contributed by atoms with van der Waals surface area (Å²) in [7, 11) is 0. The topological polar surface area (TPSA) is 46.2 Å². The van der Waals surface area contributed by atoms with Crippen LogP contribution < -0.4 is 5.73 Å². The first-order valence-electron chi connectivity index (χ1n) is 3.76. The lowest BCUT2D eigenvalue weighted by molar-refractivity contribution is 0.204. The summed E-state index contributed by atoms with van der Waals surface area (Å²) in [5.74, 6) is 0.712. The van der Waals surface area contributed by atoms with Crippen LogP contribution in [0.4, 0.5) is 5.69 Å². The van der Waals surface area contributed by atoms with E-state index in [0.29, 0.717) is 11.4 Å². The number of hydrogen-bond donors (Lipinski definition) is 2. The fourth-order valence-electron chi connectivity index (χ4n) is 1.02. The van der Waals surface area contributed by atoms with Gasteiger partial charge in [-0.1, -0.05) is 12.1 Å². The Balaban J connectivity index is 2.73. The summed E-state index contributed by atoms with van der Waals surface area (Å²) < 4.78 is 0. The van der Waals surface area contributed by atoms with E-state index in [1.807, 2.05) is 24.5 Å². The van der Waals surface area contributed by atoms with Crippen molar-refractivity contribution in [3.05, 3.63) is 29.8 Å². The standard InChI is InChI=1S/C9H13NOS/c1-12-6-9(11)7-3-2-4-8(10)5-7/h2-5,9,11H,6,10H2,1H3. The third-order valence-corrected chi connectivity index (χ3v) is 2.27. The monoisotopic (exact) mass is 183 g/mol. The molecule has 66 valence electrons. The zero-order chi connectivity index (χ0) is 8.97. The summed E-state index contributed by atoms with van der Waals surface area (Å²) >= 11 is 1.62. The molecule has 3 N–H and O–H groups in total. The quantitative estimate of drug-likeness (QED) is 0.701. The van der Waals surface area contributed by atoms with E-state index >= 15 is 0 Å². The summed E-state index contributed by atoms with van der Waals surface area (Å²) in [5, 5.41) is 9.57. The molecule has 0 heterocycles. The highest BCUT2D eigenvalue weighted by Gasteiger charge is 2.05. The zero-order valence-electron chi connectivity index (χ0n) is 7.03. The molecule has 0 amide bonds. The second-order valence-corrected chi connectivity index (χ2v) is 3.55. The highest BCUT2D eigenvalue weighted by molar-refractivity contribution is 7.98. The van der Waals surface area contributed by atoms with E-state index in [4.69, 9.17) is 5.73 Å². The minimum Gasteiger partial charge on any atom is -0.399 e. The van der Waals surface area contributed by atoms with Gasteiger partial charge in [0.05, 0.1) is 6.10 Å². The normalized spacial score (nSPS) is 12.8. The molecule has 0 aliphatic rings. The Labute approximate surface area is 76.8 Å². The molecule has 3 heteroatoms. The Morgan fingerprint density at radius 2 is 2.33 bits per heavy atom. The third-order valence-electron chi connectivity index (χ3n) is 1.62. The Hall–Kier alpha value is -0.670. The van der Waals surface area contributed by atoms with Gasteiger partial charge in [0.15, 0.2) is 0 Å². The van der Waals surface area contributed by atoms with Crippen LogP contribution in [0.1, 0.15) is 11.7 Å². The van der Waals surface area contributed by atoms with Gasteiger partial charge < -0.3 is 10.8 Å². The molecule has 0 bridgehead atoms. The first kappa shape index (κ1) is 9.42. The molecule has 0 aliphatic carbocycles. The Morgan fingerprint density at radius 3 is 2.92 bits per heavy atom. The summed E-state index contributed by atoms with van der Waals surface area (Å²) in [6.07, 6.45) is 1.57. The van der Waals surface area contributed by atoms with Crippen molar-refractivity contribution < 1.29 is 5.11 Å². The number of hydrogen-bond acceptors (Lipinski definition) is 3. The van der Waals surface area contributed by atoms with Gasteiger partial charge in [-0.05, 0) is 24.0 Å². The molecular weight excluding hydrogens is 170 g/mol. The van der Waals surface area contributed by atoms with Gasteiger partial charge in [-0.25, -0.2) is 0 Å². The van der Waals surface area contributed by atoms with Gasteiger partial charge in [0.25, 0.3) is 0 Å². The van der Waals surface area contributed by atoms with Crippen LogP contribution in [0.2, 0.25) is 0 Å². The average molecular weight is 183 g/mol. The van der Waals surface area contributed by atoms with E-state index in [1.165, 1.54) is 0 Å². The molecule has 0 aliphatic heterocycles. The predicted octanol–water partition coefficient (Wildman–Crippen LogP) is 1.67. The molecule has 1 unspecified atom stereocenters. The number of thioether (sulfide) groups is 1. The van der Waals surface area contributed by atoms with Gasteiger partial charge in [-0.2, -0.15) is 11.8 Å². The predicted molar refractivity (Wildman–Crippen MR) is 54.2 cm³/mol. The van der Waals surface area contributed by atoms with Gasteiger partial charge in [0, 0.05) is 11.4 Å². The van der Waals surface area contributed by atoms with Crippen LogP contribution in [-0.2, 0) is 0 Å². The van der Waals surface area contributed by atoms with Crippen LogP contribution in [0, 0.1) is 0 Å². The summed E-state index contributed by atoms with van der Waals surface area (Å²) in [6.45, 7) is 0. The van der Waals surface area contributed by atoms with Crippen molar-refractivity contribution in [3.63, 3.8) is 0 Å². The summed E-state index contributed by atoms with van der Waals surface area (Å²) in [5.41, 5.74) is 7.17. The number of rotatable bonds is 3. The fourth-order valence-corrected chi connectivity index (χ4v) is 1.53. The number of aliphatic hydroxyl groups excluding tert-OH is 1. The SMILES string of the molecule is CSCC(O)c1cccc(N)c1. The minimum atomic E-state index is -0.400. The fraction of sp³-hybridized carbons (Fsp3) is 0.333. The van der Waals surface area contributed by atoms with E-state index in [9.17, 15) is 5.11 Å². The summed E-state index contributed by atoms with van der Waals surface area (Å²) in [6, 6.07) is 7.36. The molecule has 1 aromatic rings. The molecular formula is C9H13NOS. The molecule has 0 saturated carbocycles. The maximum Gasteiger partial charge on any atom is 0.0881 e. The van der Waals surface area contributed by atoms with Crippen LogP contribution >= 0.6 is 11.8 Å². The molecule has 2 nitrogen and oxygen atoms in total. The molecule has 1 aromatic carbocycles. The van der Waals surface area contributed by atoms with Crippen molar-refractivity contribution in [2.24, 2.45) is 0 Å². The number of nitrogen functional groups attached to an aromatic ring is 1. The molecule has 0 saturated heterocycles. The Morgan fingerprint density at radius 1 is 1.58 bits per heavy atom. The maximum atomic E-state index is 9.57. The van der Waals surface area contributed by atoms with Crippen LogP contribution in [0.15, 0.2) is 24.3 Å². The van der Waals surface area contributed by atoms with Crippen molar-refractivity contribution in [2.45, 2.75) is 6.10 Å². The highest BCUT2D eigenvalue weighted by Crippen LogP contribution is 2.18. The van der Waals surface area contributed by atoms with E-state index in [1.54, 1.807) is 17.8 Å². The number of benzene rings is 1. The minimum absolute atomic E-state index is 0.400. The van der Waals surface area contributed by atoms with Crippen molar-refractivity contribution in [2.75, 3.05) is 17.7 Å². The molecule has 1 rings (SSSR count). The Bertz CT molecular complexity index is 252. The first-order chi connectivity index (χ1) is 5.74. The largest absolute Gasteiger partial charge is 0.399 e. The third kappa shape index (κ3) is 2.43. The molecule has 0 fully saturated rings. The molecule has 12 heavy (non-hydrogen) atoms. The summed E-state index contributed by atoms with van der Waals surface area (Å²) in [4.78, 5) is 0. The molecule has 0 spiro atoms. The van der Waals surface area contributed by atoms with Gasteiger partial charge >= 0.3 is 0 Å². The van der Waals surface area contributed by atoms with Crippen molar-refractivity contribution in [3.8, 4) is 0 Å². The lowest BCUT2D eigenvalue weighted by atomic mass is 10.1. The van der Waals surface area contributed by atoms with Crippen LogP contribution in [0.3, 0.4) is 0 Å². The zero-order valence-corrected chi connectivity index (χ0v) is 7.84. The van der Waals surface area contributed by atoms with E-state index in [-0.39, 0.29) is 0 Å². The number of nitrogens with two attached hydrogens (primary N) is 1. The van der Waals surface area contributed by atoms with E-state index in [2.05, 4.69) is 0 Å². The van der Waals surface area contributed by atoms with Crippen LogP contribution in [0.5, 0.6) is 0 Å². The Kier molecular flexibility index (Phi) is 3.44. The van der Waals surface area contributed by atoms with Crippen LogP contribution in [0.25, 0.3) is 0 Å². The second-order valence-electron chi connectivity index (χ2n) is 2.64. The van der Waals surface area contributed by atoms with Crippen LogP contribution in [-0.4, -0.2) is 17.1 Å². The lowest BCUT2D eigenvalue weighted by Gasteiger charge is -2.09. The van der Waals surface area contributed by atoms with Crippen molar-refractivity contribution in [1.82, 2.24) is 0 Å². The van der Waals surface area contributed by atoms with Gasteiger partial charge in [0.2, 0.25) is 0 Å². The maximum absolute atomic E-state index is 9.57. The molecule has 0 radical (unpaired) electrons. The second kappa shape index (κ2) is 4.38. The smallest absolute Gasteiger partial charge is 0.0881 e. The lowest BCUT2D eigenvalue weighted by Crippen LogP contribution is -2.00. The molecule has 1 atom stereocenters. The van der Waals surface area contributed by atoms with Crippen molar-refractivity contribution >= 4 is 17.4 Å². The average Bonchev–Trinajstić information content (AvgIpc) is 2.05. The van der Waals surface area contributed by atoms with Gasteiger partial charge in [-0.15, -0.1) is 0 Å². The number of anilines is 1.